The van der Waals surface area contributed by atoms with Gasteiger partial charge in [0.1, 0.15) is 0 Å². The van der Waals surface area contributed by atoms with Gasteiger partial charge in [0.25, 0.3) is 0 Å². The van der Waals surface area contributed by atoms with Gasteiger partial charge in [-0.2, -0.15) is 0 Å². The highest BCUT2D eigenvalue weighted by Crippen LogP contribution is 1.90. The molecule has 0 aromatic heterocycles. The molecular weight excluding hydrogens is 218 g/mol. The molecule has 0 heterocycles. The Morgan fingerprint density at radius 3 is 2.71 bits per heavy atom. The Balaban J connectivity index is 3.39. The molecule has 0 aliphatic rings. The van der Waals surface area contributed by atoms with Crippen LogP contribution in [0.3, 0.4) is 0 Å². The van der Waals surface area contributed by atoms with E-state index in [4.69, 9.17) is 10.5 Å². The molecule has 0 aliphatic heterocycles. The molecule has 102 valence electrons. The van der Waals surface area contributed by atoms with Crippen LogP contribution in [0.25, 0.3) is 0 Å². The number of nitrogens with two attached hydrogens (primary N) is 1. The maximum Gasteiger partial charge on any atom is 0.234 e. The van der Waals surface area contributed by atoms with Gasteiger partial charge in [0.2, 0.25) is 5.91 Å². The maximum atomic E-state index is 11.5. The molecule has 0 aromatic rings. The van der Waals surface area contributed by atoms with Crippen LogP contribution in [-0.4, -0.2) is 56.7 Å². The Hall–Kier alpha value is -0.650. The van der Waals surface area contributed by atoms with E-state index in [0.29, 0.717) is 26.2 Å². The number of ether oxygens (including phenoxy) is 1. The lowest BCUT2D eigenvalue weighted by Crippen LogP contribution is -2.36. The van der Waals surface area contributed by atoms with Gasteiger partial charge < -0.3 is 15.8 Å². The van der Waals surface area contributed by atoms with E-state index in [1.807, 2.05) is 25.8 Å². The number of hydrogen-bond donors (Lipinski definition) is 2. The molecule has 0 rings (SSSR count). The van der Waals surface area contributed by atoms with Crippen LogP contribution in [0, 0.1) is 0 Å². The lowest BCUT2D eigenvalue weighted by atomic mass is 10.4. The molecule has 3 N–H and O–H groups in total. The molecule has 0 saturated carbocycles. The van der Waals surface area contributed by atoms with Gasteiger partial charge in [-0.15, -0.1) is 0 Å². The molecule has 0 spiro atoms. The minimum atomic E-state index is 0.0640. The quantitative estimate of drug-likeness (QED) is 0.540. The highest BCUT2D eigenvalue weighted by Gasteiger charge is 2.05. The normalized spacial score (nSPS) is 11.2. The molecule has 1 amide bonds. The standard InChI is InChI=1S/C12H27N3O2/c1-11(2)17-9-5-7-14-12(16)10-15(3)8-4-6-13/h11H,4-10,13H2,1-3H3,(H,14,16). The molecule has 0 aromatic carbocycles. The molecule has 0 unspecified atom stereocenters. The molecule has 0 aliphatic carbocycles. The lowest BCUT2D eigenvalue weighted by Gasteiger charge is -2.15. The fourth-order valence-electron chi connectivity index (χ4n) is 1.36. The zero-order valence-electron chi connectivity index (χ0n) is 11.4. The van der Waals surface area contributed by atoms with Crippen LogP contribution in [-0.2, 0) is 9.53 Å². The molecule has 0 atom stereocenters. The Morgan fingerprint density at radius 2 is 2.12 bits per heavy atom. The predicted molar refractivity (Wildman–Crippen MR) is 69.9 cm³/mol. The third kappa shape index (κ3) is 11.6. The number of nitrogens with one attached hydrogen (secondary N) is 1. The average Bonchev–Trinajstić information content (AvgIpc) is 2.25. The Morgan fingerprint density at radius 1 is 1.41 bits per heavy atom. The van der Waals surface area contributed by atoms with Crippen LogP contribution in [0.4, 0.5) is 0 Å². The van der Waals surface area contributed by atoms with E-state index in [1.54, 1.807) is 0 Å². The van der Waals surface area contributed by atoms with Crippen LogP contribution in [0.15, 0.2) is 0 Å². The van der Waals surface area contributed by atoms with E-state index in [-0.39, 0.29) is 12.0 Å². The third-order valence-corrected chi connectivity index (χ3v) is 2.25. The first-order valence-corrected chi connectivity index (χ1v) is 6.33. The minimum Gasteiger partial charge on any atom is -0.379 e. The average molecular weight is 245 g/mol. The second-order valence-electron chi connectivity index (χ2n) is 4.50. The van der Waals surface area contributed by atoms with E-state index < -0.39 is 0 Å². The van der Waals surface area contributed by atoms with E-state index in [1.165, 1.54) is 0 Å². The van der Waals surface area contributed by atoms with Crippen molar-refractivity contribution < 1.29 is 9.53 Å². The summed E-state index contributed by atoms with van der Waals surface area (Å²) >= 11 is 0. The summed E-state index contributed by atoms with van der Waals surface area (Å²) in [6, 6.07) is 0. The van der Waals surface area contributed by atoms with Crippen LogP contribution in [0.2, 0.25) is 0 Å². The molecule has 0 fully saturated rings. The van der Waals surface area contributed by atoms with Crippen molar-refractivity contribution in [2.75, 3.05) is 39.8 Å². The second-order valence-corrected chi connectivity index (χ2v) is 4.50. The van der Waals surface area contributed by atoms with E-state index in [2.05, 4.69) is 5.32 Å². The number of carbonyl (C=O) groups is 1. The van der Waals surface area contributed by atoms with Gasteiger partial charge >= 0.3 is 0 Å². The number of likely N-dealkylation sites (N-methyl/N-ethyl adjacent to an activating group) is 1. The van der Waals surface area contributed by atoms with Crippen molar-refractivity contribution in [3.8, 4) is 0 Å². The Labute approximate surface area is 105 Å². The number of rotatable bonds is 10. The van der Waals surface area contributed by atoms with Gasteiger partial charge in [0.15, 0.2) is 0 Å². The van der Waals surface area contributed by atoms with Gasteiger partial charge in [0, 0.05) is 13.2 Å². The first-order valence-electron chi connectivity index (χ1n) is 6.33. The number of amides is 1. The fourth-order valence-corrected chi connectivity index (χ4v) is 1.36. The zero-order valence-corrected chi connectivity index (χ0v) is 11.4. The van der Waals surface area contributed by atoms with Crippen LogP contribution >= 0.6 is 0 Å². The van der Waals surface area contributed by atoms with Crippen molar-refractivity contribution in [3.63, 3.8) is 0 Å². The molecular formula is C12H27N3O2. The summed E-state index contributed by atoms with van der Waals surface area (Å²) in [6.07, 6.45) is 2.04. The minimum absolute atomic E-state index is 0.0640. The van der Waals surface area contributed by atoms with Crippen molar-refractivity contribution in [1.82, 2.24) is 10.2 Å². The molecule has 0 bridgehead atoms. The summed E-state index contributed by atoms with van der Waals surface area (Å²) in [5, 5.41) is 2.87. The second kappa shape index (κ2) is 10.5. The number of carbonyl (C=O) groups excluding carboxylic acids is 1. The molecule has 5 heteroatoms. The lowest BCUT2D eigenvalue weighted by molar-refractivity contribution is -0.122. The topological polar surface area (TPSA) is 67.6 Å². The highest BCUT2D eigenvalue weighted by molar-refractivity contribution is 5.77. The van der Waals surface area contributed by atoms with Crippen molar-refractivity contribution in [2.24, 2.45) is 5.73 Å². The van der Waals surface area contributed by atoms with Gasteiger partial charge in [-0.05, 0) is 46.8 Å². The largest absolute Gasteiger partial charge is 0.379 e. The summed E-state index contributed by atoms with van der Waals surface area (Å²) in [7, 11) is 1.93. The third-order valence-electron chi connectivity index (χ3n) is 2.25. The Kier molecular flexibility index (Phi) is 10.1. The van der Waals surface area contributed by atoms with Crippen LogP contribution in [0.1, 0.15) is 26.7 Å². The summed E-state index contributed by atoms with van der Waals surface area (Å²) in [5.41, 5.74) is 5.40. The smallest absolute Gasteiger partial charge is 0.234 e. The monoisotopic (exact) mass is 245 g/mol. The molecule has 5 nitrogen and oxygen atoms in total. The highest BCUT2D eigenvalue weighted by atomic mass is 16.5. The maximum absolute atomic E-state index is 11.5. The summed E-state index contributed by atoms with van der Waals surface area (Å²) in [4.78, 5) is 13.5. The van der Waals surface area contributed by atoms with E-state index in [9.17, 15) is 4.79 Å². The summed E-state index contributed by atoms with van der Waals surface area (Å²) in [6.45, 7) is 7.34. The molecule has 17 heavy (non-hydrogen) atoms. The summed E-state index contributed by atoms with van der Waals surface area (Å²) < 4.78 is 5.38. The van der Waals surface area contributed by atoms with Crippen molar-refractivity contribution in [2.45, 2.75) is 32.8 Å². The van der Waals surface area contributed by atoms with Gasteiger partial charge in [-0.25, -0.2) is 0 Å². The van der Waals surface area contributed by atoms with Crippen LogP contribution in [0.5, 0.6) is 0 Å². The van der Waals surface area contributed by atoms with E-state index >= 15 is 0 Å². The first-order chi connectivity index (χ1) is 8.06. The van der Waals surface area contributed by atoms with Crippen molar-refractivity contribution in [1.29, 1.82) is 0 Å². The Bertz CT molecular complexity index is 198. The van der Waals surface area contributed by atoms with Crippen molar-refractivity contribution in [3.05, 3.63) is 0 Å². The van der Waals surface area contributed by atoms with Gasteiger partial charge in [0.05, 0.1) is 12.6 Å². The first kappa shape index (κ1) is 16.4. The molecule has 0 radical (unpaired) electrons. The SMILES string of the molecule is CC(C)OCCCNC(=O)CN(C)CCCN. The van der Waals surface area contributed by atoms with Gasteiger partial charge in [-0.1, -0.05) is 0 Å². The summed E-state index contributed by atoms with van der Waals surface area (Å²) in [5.74, 6) is 0.0640. The van der Waals surface area contributed by atoms with Crippen LogP contribution < -0.4 is 11.1 Å². The number of hydrogen-bond acceptors (Lipinski definition) is 4. The number of nitrogens with zero attached hydrogens (tertiary/aromatic N) is 1. The zero-order chi connectivity index (χ0) is 13.1. The van der Waals surface area contributed by atoms with Crippen molar-refractivity contribution >= 4 is 5.91 Å². The predicted octanol–water partition coefficient (Wildman–Crippen LogP) is 0.198. The van der Waals surface area contributed by atoms with Gasteiger partial charge in [-0.3, -0.25) is 9.69 Å². The van der Waals surface area contributed by atoms with E-state index in [0.717, 1.165) is 19.4 Å². The molecule has 0 saturated heterocycles. The fraction of sp³-hybridized carbons (Fsp3) is 0.917.